The topological polar surface area (TPSA) is 66.0 Å². The molecule has 2 aromatic rings. The molecular formula is C11H10F2N2O2S. The highest BCUT2D eigenvalue weighted by atomic mass is 32.2. The van der Waals surface area contributed by atoms with E-state index in [2.05, 4.69) is 9.97 Å². The van der Waals surface area contributed by atoms with E-state index < -0.39 is 17.6 Å². The molecule has 0 aliphatic carbocycles. The zero-order valence-electron chi connectivity index (χ0n) is 9.24. The van der Waals surface area contributed by atoms with Crippen LogP contribution >= 0.6 is 11.8 Å². The lowest BCUT2D eigenvalue weighted by atomic mass is 10.3. The normalized spacial score (nSPS) is 11.0. The summed E-state index contributed by atoms with van der Waals surface area (Å²) in [7, 11) is 0. The van der Waals surface area contributed by atoms with E-state index in [9.17, 15) is 13.6 Å². The Kier molecular flexibility index (Phi) is 3.81. The number of carboxylic acids is 1. The second-order valence-electron chi connectivity index (χ2n) is 3.66. The maximum absolute atomic E-state index is 13.0. The number of nitrogens with one attached hydrogen (secondary N) is 1. The molecule has 2 rings (SSSR count). The molecule has 4 nitrogen and oxygen atoms in total. The molecule has 0 saturated heterocycles. The van der Waals surface area contributed by atoms with Gasteiger partial charge in [-0.05, 0) is 0 Å². The maximum atomic E-state index is 13.0. The summed E-state index contributed by atoms with van der Waals surface area (Å²) in [5, 5.41) is 8.46. The SMILES string of the molecule is O=C(O)CSCCc1nc2cc(F)c(F)cc2[nH]1. The highest BCUT2D eigenvalue weighted by Crippen LogP contribution is 2.17. The van der Waals surface area contributed by atoms with Gasteiger partial charge in [0.2, 0.25) is 0 Å². The number of aromatic amines is 1. The van der Waals surface area contributed by atoms with Gasteiger partial charge in [0.15, 0.2) is 11.6 Å². The van der Waals surface area contributed by atoms with E-state index in [-0.39, 0.29) is 5.75 Å². The second-order valence-corrected chi connectivity index (χ2v) is 4.77. The maximum Gasteiger partial charge on any atom is 0.313 e. The van der Waals surface area contributed by atoms with Crippen LogP contribution in [0.4, 0.5) is 8.78 Å². The van der Waals surface area contributed by atoms with E-state index in [4.69, 9.17) is 5.11 Å². The number of benzene rings is 1. The summed E-state index contributed by atoms with van der Waals surface area (Å²) in [5.41, 5.74) is 0.805. The minimum atomic E-state index is -0.930. The van der Waals surface area contributed by atoms with Crippen LogP contribution in [0.5, 0.6) is 0 Å². The molecule has 0 aliphatic rings. The number of rotatable bonds is 5. The monoisotopic (exact) mass is 272 g/mol. The van der Waals surface area contributed by atoms with E-state index >= 15 is 0 Å². The van der Waals surface area contributed by atoms with Gasteiger partial charge in [0.1, 0.15) is 5.82 Å². The zero-order valence-corrected chi connectivity index (χ0v) is 10.1. The predicted molar refractivity (Wildman–Crippen MR) is 64.7 cm³/mol. The van der Waals surface area contributed by atoms with Gasteiger partial charge in [0.05, 0.1) is 16.8 Å². The van der Waals surface area contributed by atoms with Crippen molar-refractivity contribution in [2.24, 2.45) is 0 Å². The van der Waals surface area contributed by atoms with Crippen molar-refractivity contribution in [2.45, 2.75) is 6.42 Å². The summed E-state index contributed by atoms with van der Waals surface area (Å²) >= 11 is 1.26. The van der Waals surface area contributed by atoms with Crippen LogP contribution in [0.2, 0.25) is 0 Å². The van der Waals surface area contributed by atoms with Crippen molar-refractivity contribution in [2.75, 3.05) is 11.5 Å². The van der Waals surface area contributed by atoms with E-state index in [1.807, 2.05) is 0 Å². The molecule has 0 atom stereocenters. The molecule has 0 unspecified atom stereocenters. The molecule has 1 aromatic heterocycles. The standard InChI is InChI=1S/C11H10F2N2O2S/c12-6-3-8-9(4-7(6)13)15-10(14-8)1-2-18-5-11(16)17/h3-4H,1-2,5H2,(H,14,15)(H,16,17). The van der Waals surface area contributed by atoms with E-state index in [1.165, 1.54) is 11.8 Å². The van der Waals surface area contributed by atoms with Gasteiger partial charge in [-0.15, -0.1) is 11.8 Å². The first-order valence-corrected chi connectivity index (χ1v) is 6.35. The molecule has 0 aliphatic heterocycles. The number of thioether (sulfide) groups is 1. The molecule has 0 spiro atoms. The van der Waals surface area contributed by atoms with Crippen molar-refractivity contribution in [3.8, 4) is 0 Å². The predicted octanol–water partition coefficient (Wildman–Crippen LogP) is 2.20. The number of imidazole rings is 1. The van der Waals surface area contributed by atoms with Crippen LogP contribution in [-0.2, 0) is 11.2 Å². The molecule has 0 amide bonds. The van der Waals surface area contributed by atoms with Crippen LogP contribution in [0.25, 0.3) is 11.0 Å². The molecule has 2 N–H and O–H groups in total. The van der Waals surface area contributed by atoms with Crippen molar-refractivity contribution >= 4 is 28.8 Å². The van der Waals surface area contributed by atoms with Crippen molar-refractivity contribution in [3.63, 3.8) is 0 Å². The van der Waals surface area contributed by atoms with Gasteiger partial charge in [-0.3, -0.25) is 4.79 Å². The van der Waals surface area contributed by atoms with Gasteiger partial charge < -0.3 is 10.1 Å². The number of fused-ring (bicyclic) bond motifs is 1. The van der Waals surface area contributed by atoms with Crippen LogP contribution in [-0.4, -0.2) is 32.5 Å². The third-order valence-corrected chi connectivity index (χ3v) is 3.23. The fraction of sp³-hybridized carbons (Fsp3) is 0.273. The molecule has 1 aromatic carbocycles. The first-order valence-electron chi connectivity index (χ1n) is 5.19. The number of halogens is 2. The summed E-state index contributed by atoms with van der Waals surface area (Å²) in [6.45, 7) is 0. The van der Waals surface area contributed by atoms with Gasteiger partial charge in [-0.2, -0.15) is 0 Å². The minimum Gasteiger partial charge on any atom is -0.481 e. The third-order valence-electron chi connectivity index (χ3n) is 2.28. The van der Waals surface area contributed by atoms with Crippen molar-refractivity contribution < 1.29 is 18.7 Å². The molecular weight excluding hydrogens is 262 g/mol. The number of aliphatic carboxylic acids is 1. The van der Waals surface area contributed by atoms with E-state index in [1.54, 1.807) is 0 Å². The third kappa shape index (κ3) is 2.98. The Bertz CT molecular complexity index is 547. The molecule has 0 fully saturated rings. The first kappa shape index (κ1) is 12.8. The summed E-state index contributed by atoms with van der Waals surface area (Å²) in [4.78, 5) is 17.3. The largest absolute Gasteiger partial charge is 0.481 e. The smallest absolute Gasteiger partial charge is 0.313 e. The molecule has 7 heteroatoms. The number of aryl methyl sites for hydroxylation is 1. The molecule has 0 saturated carbocycles. The number of carbonyl (C=O) groups is 1. The zero-order chi connectivity index (χ0) is 13.1. The summed E-state index contributed by atoms with van der Waals surface area (Å²) in [6.07, 6.45) is 0.524. The minimum absolute atomic E-state index is 0.0312. The Morgan fingerprint density at radius 1 is 1.39 bits per heavy atom. The van der Waals surface area contributed by atoms with Crippen LogP contribution in [0.3, 0.4) is 0 Å². The average Bonchev–Trinajstić information content (AvgIpc) is 2.67. The van der Waals surface area contributed by atoms with Crippen molar-refractivity contribution in [1.82, 2.24) is 9.97 Å². The van der Waals surface area contributed by atoms with Crippen LogP contribution < -0.4 is 0 Å². The lowest BCUT2D eigenvalue weighted by Gasteiger charge is -1.95. The first-order chi connectivity index (χ1) is 8.56. The second kappa shape index (κ2) is 5.34. The fourth-order valence-electron chi connectivity index (χ4n) is 1.50. The van der Waals surface area contributed by atoms with Gasteiger partial charge in [-0.25, -0.2) is 13.8 Å². The lowest BCUT2D eigenvalue weighted by molar-refractivity contribution is -0.133. The van der Waals surface area contributed by atoms with Crippen LogP contribution in [0.15, 0.2) is 12.1 Å². The number of carboxylic acid groups (broad SMARTS) is 1. The average molecular weight is 272 g/mol. The highest BCUT2D eigenvalue weighted by molar-refractivity contribution is 7.99. The van der Waals surface area contributed by atoms with Crippen LogP contribution in [0.1, 0.15) is 5.82 Å². The van der Waals surface area contributed by atoms with E-state index in [0.717, 1.165) is 12.1 Å². The molecule has 96 valence electrons. The fourth-order valence-corrected chi connectivity index (χ4v) is 2.16. The van der Waals surface area contributed by atoms with Crippen molar-refractivity contribution in [3.05, 3.63) is 29.6 Å². The Labute approximate surface area is 105 Å². The molecule has 0 bridgehead atoms. The highest BCUT2D eigenvalue weighted by Gasteiger charge is 2.08. The molecule has 18 heavy (non-hydrogen) atoms. The quantitative estimate of drug-likeness (QED) is 0.819. The Hall–Kier alpha value is -1.63. The van der Waals surface area contributed by atoms with Gasteiger partial charge >= 0.3 is 5.97 Å². The Morgan fingerprint density at radius 3 is 2.83 bits per heavy atom. The molecule has 1 heterocycles. The number of nitrogens with zero attached hydrogens (tertiary/aromatic N) is 1. The molecule has 0 radical (unpaired) electrons. The lowest BCUT2D eigenvalue weighted by Crippen LogP contribution is -2.00. The number of aromatic nitrogens is 2. The summed E-state index contributed by atoms with van der Waals surface area (Å²) in [6, 6.07) is 2.10. The number of hydrogen-bond donors (Lipinski definition) is 2. The summed E-state index contributed by atoms with van der Waals surface area (Å²) < 4.78 is 25.9. The number of hydrogen-bond acceptors (Lipinski definition) is 3. The van der Waals surface area contributed by atoms with Crippen molar-refractivity contribution in [1.29, 1.82) is 0 Å². The van der Waals surface area contributed by atoms with Crippen LogP contribution in [0, 0.1) is 11.6 Å². The van der Waals surface area contributed by atoms with E-state index in [0.29, 0.717) is 29.0 Å². The Balaban J connectivity index is 2.04. The summed E-state index contributed by atoms with van der Waals surface area (Å²) in [5.74, 6) is -1.51. The van der Waals surface area contributed by atoms with Gasteiger partial charge in [0.25, 0.3) is 0 Å². The Morgan fingerprint density at radius 2 is 2.11 bits per heavy atom. The number of H-pyrrole nitrogens is 1. The van der Waals surface area contributed by atoms with Gasteiger partial charge in [0, 0.05) is 24.3 Å². The van der Waals surface area contributed by atoms with Gasteiger partial charge in [-0.1, -0.05) is 0 Å².